The van der Waals surface area contributed by atoms with Crippen LogP contribution in [0.15, 0.2) is 28.8 Å². The molecule has 2 aromatic rings. The molecule has 0 aliphatic rings. The number of benzene rings is 1. The van der Waals surface area contributed by atoms with Gasteiger partial charge in [0, 0.05) is 17.3 Å². The summed E-state index contributed by atoms with van der Waals surface area (Å²) in [5.41, 5.74) is 12.7. The quantitative estimate of drug-likeness (QED) is 0.598. The number of nitrogen functional groups attached to an aromatic ring is 2. The van der Waals surface area contributed by atoms with Gasteiger partial charge in [-0.2, -0.15) is 0 Å². The molecule has 0 saturated heterocycles. The first kappa shape index (κ1) is 11.0. The van der Waals surface area contributed by atoms with Crippen molar-refractivity contribution in [2.75, 3.05) is 18.6 Å². The Hall–Kier alpha value is -2.50. The first-order chi connectivity index (χ1) is 8.13. The summed E-state index contributed by atoms with van der Waals surface area (Å²) in [4.78, 5) is 11.6. The van der Waals surface area contributed by atoms with Crippen LogP contribution in [0.2, 0.25) is 0 Å². The Balaban J connectivity index is 2.61. The molecule has 1 aromatic carbocycles. The van der Waals surface area contributed by atoms with E-state index in [2.05, 4.69) is 9.89 Å². The highest BCUT2D eigenvalue weighted by Crippen LogP contribution is 2.28. The molecule has 0 unspecified atom stereocenters. The van der Waals surface area contributed by atoms with Crippen LogP contribution in [0.5, 0.6) is 0 Å². The smallest absolute Gasteiger partial charge is 0.340 e. The maximum Gasteiger partial charge on any atom is 0.340 e. The third-order valence-corrected chi connectivity index (χ3v) is 2.29. The molecule has 1 aromatic heterocycles. The van der Waals surface area contributed by atoms with Crippen molar-refractivity contribution >= 4 is 17.5 Å². The van der Waals surface area contributed by atoms with Gasteiger partial charge in [0.1, 0.15) is 5.69 Å². The highest BCUT2D eigenvalue weighted by molar-refractivity contribution is 6.01. The van der Waals surface area contributed by atoms with Crippen molar-refractivity contribution in [3.8, 4) is 11.3 Å². The van der Waals surface area contributed by atoms with Crippen LogP contribution in [0.3, 0.4) is 0 Å². The summed E-state index contributed by atoms with van der Waals surface area (Å²) in [6.45, 7) is 0. The number of carbonyl (C=O) groups is 1. The number of esters is 1. The normalized spacial score (nSPS) is 10.2. The lowest BCUT2D eigenvalue weighted by molar-refractivity contribution is 0.0603. The summed E-state index contributed by atoms with van der Waals surface area (Å²) >= 11 is 0. The molecular formula is C11H11N3O3. The Morgan fingerprint density at radius 2 is 2.18 bits per heavy atom. The lowest BCUT2D eigenvalue weighted by Crippen LogP contribution is -2.07. The third-order valence-electron chi connectivity index (χ3n) is 2.29. The number of carbonyl (C=O) groups excluding carboxylic acids is 1. The van der Waals surface area contributed by atoms with Crippen LogP contribution < -0.4 is 11.5 Å². The number of hydrogen-bond acceptors (Lipinski definition) is 6. The Bertz CT molecular complexity index is 563. The van der Waals surface area contributed by atoms with E-state index in [0.29, 0.717) is 16.9 Å². The second-order valence-electron chi connectivity index (χ2n) is 3.38. The zero-order valence-electron chi connectivity index (χ0n) is 9.14. The standard InChI is InChI=1S/C11H11N3O3/c1-16-11(15)10-6(3-2-4-7(10)12)8-5-9(13)17-14-8/h2-5H,12-13H2,1H3. The molecule has 0 aliphatic heterocycles. The predicted octanol–water partition coefficient (Wildman–Crippen LogP) is 1.29. The van der Waals surface area contributed by atoms with Gasteiger partial charge in [0.05, 0.1) is 12.7 Å². The highest BCUT2D eigenvalue weighted by Gasteiger charge is 2.18. The van der Waals surface area contributed by atoms with Gasteiger partial charge in [0.2, 0.25) is 5.88 Å². The summed E-state index contributed by atoms with van der Waals surface area (Å²) in [6, 6.07) is 6.53. The average molecular weight is 233 g/mol. The summed E-state index contributed by atoms with van der Waals surface area (Å²) in [7, 11) is 1.29. The van der Waals surface area contributed by atoms with Gasteiger partial charge in [-0.1, -0.05) is 17.3 Å². The number of nitrogens with two attached hydrogens (primary N) is 2. The molecule has 6 nitrogen and oxygen atoms in total. The van der Waals surface area contributed by atoms with E-state index in [1.807, 2.05) is 0 Å². The fourth-order valence-corrected chi connectivity index (χ4v) is 1.53. The molecule has 2 rings (SSSR count). The predicted molar refractivity (Wildman–Crippen MR) is 62.1 cm³/mol. The molecule has 0 bridgehead atoms. The van der Waals surface area contributed by atoms with Gasteiger partial charge in [-0.15, -0.1) is 0 Å². The van der Waals surface area contributed by atoms with Gasteiger partial charge in [-0.25, -0.2) is 4.79 Å². The molecule has 88 valence electrons. The molecule has 6 heteroatoms. The lowest BCUT2D eigenvalue weighted by Gasteiger charge is -2.07. The molecule has 1 heterocycles. The van der Waals surface area contributed by atoms with E-state index in [4.69, 9.17) is 16.0 Å². The van der Waals surface area contributed by atoms with Gasteiger partial charge >= 0.3 is 5.97 Å². The van der Waals surface area contributed by atoms with Gasteiger partial charge in [0.15, 0.2) is 0 Å². The van der Waals surface area contributed by atoms with Crippen molar-refractivity contribution in [2.45, 2.75) is 0 Å². The summed E-state index contributed by atoms with van der Waals surface area (Å²) in [6.07, 6.45) is 0. The maximum absolute atomic E-state index is 11.6. The van der Waals surface area contributed by atoms with Crippen LogP contribution in [-0.4, -0.2) is 18.2 Å². The van der Waals surface area contributed by atoms with E-state index >= 15 is 0 Å². The second kappa shape index (κ2) is 4.17. The maximum atomic E-state index is 11.6. The average Bonchev–Trinajstić information content (AvgIpc) is 2.74. The van der Waals surface area contributed by atoms with Gasteiger partial charge in [0.25, 0.3) is 0 Å². The number of methoxy groups -OCH3 is 1. The van der Waals surface area contributed by atoms with E-state index in [-0.39, 0.29) is 11.4 Å². The van der Waals surface area contributed by atoms with Crippen LogP contribution in [-0.2, 0) is 4.74 Å². The summed E-state index contributed by atoms with van der Waals surface area (Å²) < 4.78 is 9.44. The van der Waals surface area contributed by atoms with Crippen LogP contribution in [0.4, 0.5) is 11.6 Å². The number of hydrogen-bond donors (Lipinski definition) is 2. The monoisotopic (exact) mass is 233 g/mol. The SMILES string of the molecule is COC(=O)c1c(N)cccc1-c1cc(N)on1. The largest absolute Gasteiger partial charge is 0.465 e. The minimum absolute atomic E-state index is 0.165. The van der Waals surface area contributed by atoms with Crippen LogP contribution in [0, 0.1) is 0 Å². The fourth-order valence-electron chi connectivity index (χ4n) is 1.53. The zero-order valence-corrected chi connectivity index (χ0v) is 9.14. The highest BCUT2D eigenvalue weighted by atomic mass is 16.5. The lowest BCUT2D eigenvalue weighted by atomic mass is 10.0. The molecule has 0 spiro atoms. The number of ether oxygens (including phenoxy) is 1. The molecule has 0 radical (unpaired) electrons. The van der Waals surface area contributed by atoms with Crippen LogP contribution >= 0.6 is 0 Å². The molecule has 0 amide bonds. The van der Waals surface area contributed by atoms with Gasteiger partial charge < -0.3 is 20.7 Å². The number of nitrogens with zero attached hydrogens (tertiary/aromatic N) is 1. The van der Waals surface area contributed by atoms with E-state index in [1.54, 1.807) is 18.2 Å². The molecule has 0 atom stereocenters. The first-order valence-corrected chi connectivity index (χ1v) is 4.83. The summed E-state index contributed by atoms with van der Waals surface area (Å²) in [5.74, 6) is -0.363. The second-order valence-corrected chi connectivity index (χ2v) is 3.38. The molecule has 17 heavy (non-hydrogen) atoms. The van der Waals surface area contributed by atoms with E-state index in [1.165, 1.54) is 13.2 Å². The molecule has 4 N–H and O–H groups in total. The zero-order chi connectivity index (χ0) is 12.4. The minimum Gasteiger partial charge on any atom is -0.465 e. The third kappa shape index (κ3) is 1.92. The first-order valence-electron chi connectivity index (χ1n) is 4.83. The molecule has 0 saturated carbocycles. The van der Waals surface area contributed by atoms with E-state index in [9.17, 15) is 4.79 Å². The molecular weight excluding hydrogens is 222 g/mol. The van der Waals surface area contributed by atoms with Gasteiger partial charge in [-0.3, -0.25) is 0 Å². The molecule has 0 fully saturated rings. The van der Waals surface area contributed by atoms with Crippen molar-refractivity contribution < 1.29 is 14.1 Å². The number of anilines is 2. The van der Waals surface area contributed by atoms with Crippen molar-refractivity contribution in [1.82, 2.24) is 5.16 Å². The van der Waals surface area contributed by atoms with Crippen LogP contribution in [0.1, 0.15) is 10.4 Å². The Labute approximate surface area is 97.1 Å². The van der Waals surface area contributed by atoms with Crippen molar-refractivity contribution in [3.63, 3.8) is 0 Å². The van der Waals surface area contributed by atoms with Crippen molar-refractivity contribution in [2.24, 2.45) is 0 Å². The van der Waals surface area contributed by atoms with Crippen LogP contribution in [0.25, 0.3) is 11.3 Å². The number of rotatable bonds is 2. The van der Waals surface area contributed by atoms with Crippen molar-refractivity contribution in [1.29, 1.82) is 0 Å². The van der Waals surface area contributed by atoms with Crippen molar-refractivity contribution in [3.05, 3.63) is 29.8 Å². The fraction of sp³-hybridized carbons (Fsp3) is 0.0909. The topological polar surface area (TPSA) is 104 Å². The Morgan fingerprint density at radius 1 is 1.41 bits per heavy atom. The summed E-state index contributed by atoms with van der Waals surface area (Å²) in [5, 5.41) is 3.74. The minimum atomic E-state index is -0.528. The molecule has 0 aliphatic carbocycles. The van der Waals surface area contributed by atoms with E-state index < -0.39 is 5.97 Å². The Morgan fingerprint density at radius 3 is 2.76 bits per heavy atom. The van der Waals surface area contributed by atoms with E-state index in [0.717, 1.165) is 0 Å². The number of aromatic nitrogens is 1. The Kier molecular flexibility index (Phi) is 2.70. The van der Waals surface area contributed by atoms with Gasteiger partial charge in [-0.05, 0) is 6.07 Å².